The lowest BCUT2D eigenvalue weighted by Crippen LogP contribution is -2.27. The molecule has 2 aromatic carbocycles. The van der Waals surface area contributed by atoms with Gasteiger partial charge in [0.2, 0.25) is 11.8 Å². The summed E-state index contributed by atoms with van der Waals surface area (Å²) in [6, 6.07) is 12.5. The minimum Gasteiger partial charge on any atom is -0.436 e. The first kappa shape index (κ1) is 20.1. The van der Waals surface area contributed by atoms with Crippen molar-refractivity contribution in [3.63, 3.8) is 0 Å². The van der Waals surface area contributed by atoms with E-state index in [1.807, 2.05) is 42.2 Å². The number of hydrogen-bond donors (Lipinski definition) is 0. The summed E-state index contributed by atoms with van der Waals surface area (Å²) >= 11 is 0. The Hall–Kier alpha value is -3.22. The topological polar surface area (TPSA) is 47.4 Å². The Kier molecular flexibility index (Phi) is 5.79. The molecule has 4 rings (SSSR count). The van der Waals surface area contributed by atoms with Crippen molar-refractivity contribution in [2.45, 2.75) is 32.6 Å². The molecule has 0 radical (unpaired) electrons. The Labute approximate surface area is 173 Å². The van der Waals surface area contributed by atoms with Gasteiger partial charge in [0.25, 0.3) is 0 Å². The first-order chi connectivity index (χ1) is 14.5. The molecule has 0 bridgehead atoms. The number of ether oxygens (including phenoxy) is 1. The van der Waals surface area contributed by atoms with Gasteiger partial charge in [0.1, 0.15) is 5.82 Å². The normalized spacial score (nSPS) is 13.6. The Morgan fingerprint density at radius 3 is 2.53 bits per heavy atom. The van der Waals surface area contributed by atoms with Crippen molar-refractivity contribution in [1.82, 2.24) is 14.7 Å². The predicted octanol–water partition coefficient (Wildman–Crippen LogP) is 4.81. The zero-order chi connectivity index (χ0) is 21.1. The zero-order valence-electron chi connectivity index (χ0n) is 16.8. The number of hydrogen-bond acceptors (Lipinski definition) is 3. The highest BCUT2D eigenvalue weighted by atomic mass is 19.1. The van der Waals surface area contributed by atoms with Crippen LogP contribution in [0.2, 0.25) is 0 Å². The van der Waals surface area contributed by atoms with Crippen molar-refractivity contribution in [2.24, 2.45) is 0 Å². The van der Waals surface area contributed by atoms with Crippen LogP contribution in [-0.2, 0) is 11.2 Å². The van der Waals surface area contributed by atoms with Gasteiger partial charge >= 0.3 is 0 Å². The third-order valence-electron chi connectivity index (χ3n) is 5.29. The van der Waals surface area contributed by atoms with Gasteiger partial charge in [-0.05, 0) is 50.5 Å². The molecule has 1 aromatic heterocycles. The maximum Gasteiger partial charge on any atom is 0.226 e. The van der Waals surface area contributed by atoms with Gasteiger partial charge in [-0.25, -0.2) is 13.5 Å². The second-order valence-corrected chi connectivity index (χ2v) is 7.38. The highest BCUT2D eigenvalue weighted by Crippen LogP contribution is 2.33. The van der Waals surface area contributed by atoms with Crippen LogP contribution in [0.5, 0.6) is 11.6 Å². The number of aromatic nitrogens is 2. The van der Waals surface area contributed by atoms with E-state index in [1.54, 1.807) is 4.68 Å². The second-order valence-electron chi connectivity index (χ2n) is 7.38. The third kappa shape index (κ3) is 4.20. The SMILES string of the molecule is Cc1nn(-c2ccccc2)c(Oc2ccc(F)cc2F)c1CCC(=O)N1CCCC1. The van der Waals surface area contributed by atoms with E-state index in [4.69, 9.17) is 4.74 Å². The van der Waals surface area contributed by atoms with Crippen LogP contribution < -0.4 is 4.74 Å². The van der Waals surface area contributed by atoms with Crippen LogP contribution in [0, 0.1) is 18.6 Å². The maximum absolute atomic E-state index is 14.3. The number of halogens is 2. The van der Waals surface area contributed by atoms with Crippen molar-refractivity contribution in [3.05, 3.63) is 71.4 Å². The van der Waals surface area contributed by atoms with E-state index in [0.717, 1.165) is 49.3 Å². The molecule has 0 saturated carbocycles. The van der Waals surface area contributed by atoms with Gasteiger partial charge in [0, 0.05) is 31.1 Å². The van der Waals surface area contributed by atoms with E-state index in [-0.39, 0.29) is 11.7 Å². The number of nitrogens with zero attached hydrogens (tertiary/aromatic N) is 3. The van der Waals surface area contributed by atoms with Crippen LogP contribution >= 0.6 is 0 Å². The van der Waals surface area contributed by atoms with E-state index >= 15 is 0 Å². The Bertz CT molecular complexity index is 1040. The predicted molar refractivity (Wildman–Crippen MR) is 109 cm³/mol. The van der Waals surface area contributed by atoms with Gasteiger partial charge in [0.05, 0.1) is 11.4 Å². The van der Waals surface area contributed by atoms with E-state index in [9.17, 15) is 13.6 Å². The molecule has 3 aromatic rings. The fraction of sp³-hybridized carbons (Fsp3) is 0.304. The van der Waals surface area contributed by atoms with Crippen LogP contribution in [0.15, 0.2) is 48.5 Å². The summed E-state index contributed by atoms with van der Waals surface area (Å²) < 4.78 is 35.1. The van der Waals surface area contributed by atoms with Crippen molar-refractivity contribution in [2.75, 3.05) is 13.1 Å². The van der Waals surface area contributed by atoms with E-state index in [0.29, 0.717) is 24.4 Å². The molecule has 1 saturated heterocycles. The number of aryl methyl sites for hydroxylation is 1. The van der Waals surface area contributed by atoms with Crippen molar-refractivity contribution in [3.8, 4) is 17.3 Å². The van der Waals surface area contributed by atoms with E-state index < -0.39 is 11.6 Å². The Morgan fingerprint density at radius 2 is 1.83 bits per heavy atom. The van der Waals surface area contributed by atoms with Crippen LogP contribution in [-0.4, -0.2) is 33.7 Å². The van der Waals surface area contributed by atoms with Gasteiger partial charge in [-0.15, -0.1) is 0 Å². The van der Waals surface area contributed by atoms with Crippen LogP contribution in [0.3, 0.4) is 0 Å². The molecule has 2 heterocycles. The number of rotatable bonds is 6. The standard InChI is InChI=1S/C23H23F2N3O2/c1-16-19(10-12-22(29)27-13-5-6-14-27)23(28(26-16)18-7-3-2-4-8-18)30-21-11-9-17(24)15-20(21)25/h2-4,7-9,11,15H,5-6,10,12-14H2,1H3. The molecule has 1 fully saturated rings. The van der Waals surface area contributed by atoms with Crippen molar-refractivity contribution < 1.29 is 18.3 Å². The Balaban J connectivity index is 1.67. The highest BCUT2D eigenvalue weighted by molar-refractivity contribution is 5.76. The lowest BCUT2D eigenvalue weighted by atomic mass is 10.1. The summed E-state index contributed by atoms with van der Waals surface area (Å²) in [5, 5.41) is 4.57. The van der Waals surface area contributed by atoms with E-state index in [1.165, 1.54) is 6.07 Å². The molecule has 7 heteroatoms. The molecule has 0 unspecified atom stereocenters. The van der Waals surface area contributed by atoms with Crippen molar-refractivity contribution >= 4 is 5.91 Å². The molecule has 0 N–H and O–H groups in total. The molecule has 0 spiro atoms. The average molecular weight is 411 g/mol. The summed E-state index contributed by atoms with van der Waals surface area (Å²) in [4.78, 5) is 14.4. The number of carbonyl (C=O) groups is 1. The third-order valence-corrected chi connectivity index (χ3v) is 5.29. The monoisotopic (exact) mass is 411 g/mol. The lowest BCUT2D eigenvalue weighted by molar-refractivity contribution is -0.130. The molecule has 156 valence electrons. The first-order valence-corrected chi connectivity index (χ1v) is 10.1. The largest absolute Gasteiger partial charge is 0.436 e. The van der Waals surface area contributed by atoms with Gasteiger partial charge in [-0.3, -0.25) is 4.79 Å². The summed E-state index contributed by atoms with van der Waals surface area (Å²) in [7, 11) is 0. The maximum atomic E-state index is 14.3. The van der Waals surface area contributed by atoms with Crippen LogP contribution in [0.4, 0.5) is 8.78 Å². The van der Waals surface area contributed by atoms with Crippen LogP contribution in [0.25, 0.3) is 5.69 Å². The molecule has 5 nitrogen and oxygen atoms in total. The minimum absolute atomic E-state index is 0.0956. The van der Waals surface area contributed by atoms with Gasteiger partial charge < -0.3 is 9.64 Å². The minimum atomic E-state index is -0.799. The molecular weight excluding hydrogens is 388 g/mol. The number of amides is 1. The van der Waals surface area contributed by atoms with Crippen molar-refractivity contribution in [1.29, 1.82) is 0 Å². The number of likely N-dealkylation sites (tertiary alicyclic amines) is 1. The fourth-order valence-corrected chi connectivity index (χ4v) is 3.69. The molecule has 1 aliphatic heterocycles. The summed E-state index contributed by atoms with van der Waals surface area (Å²) in [6.45, 7) is 3.43. The smallest absolute Gasteiger partial charge is 0.226 e. The summed E-state index contributed by atoms with van der Waals surface area (Å²) in [5.41, 5.74) is 2.18. The summed E-state index contributed by atoms with van der Waals surface area (Å²) in [6.07, 6.45) is 2.82. The summed E-state index contributed by atoms with van der Waals surface area (Å²) in [5.74, 6) is -1.14. The highest BCUT2D eigenvalue weighted by Gasteiger charge is 2.23. The molecule has 1 aliphatic rings. The Morgan fingerprint density at radius 1 is 1.10 bits per heavy atom. The second kappa shape index (κ2) is 8.65. The molecular formula is C23H23F2N3O2. The number of para-hydroxylation sites is 1. The molecule has 0 atom stereocenters. The first-order valence-electron chi connectivity index (χ1n) is 10.1. The molecule has 0 aliphatic carbocycles. The van der Waals surface area contributed by atoms with E-state index in [2.05, 4.69) is 5.10 Å². The lowest BCUT2D eigenvalue weighted by Gasteiger charge is -2.15. The number of carbonyl (C=O) groups excluding carboxylic acids is 1. The average Bonchev–Trinajstić information content (AvgIpc) is 3.38. The van der Waals surface area contributed by atoms with Crippen LogP contribution in [0.1, 0.15) is 30.5 Å². The van der Waals surface area contributed by atoms with Gasteiger partial charge in [-0.2, -0.15) is 5.10 Å². The quantitative estimate of drug-likeness (QED) is 0.585. The molecule has 30 heavy (non-hydrogen) atoms. The van der Waals surface area contributed by atoms with Gasteiger partial charge in [0.15, 0.2) is 11.6 Å². The zero-order valence-corrected chi connectivity index (χ0v) is 16.8. The van der Waals surface area contributed by atoms with Gasteiger partial charge in [-0.1, -0.05) is 18.2 Å². The fourth-order valence-electron chi connectivity index (χ4n) is 3.69. The molecule has 1 amide bonds. The number of benzene rings is 2.